The summed E-state index contributed by atoms with van der Waals surface area (Å²) >= 11 is 7.16. The van der Waals surface area contributed by atoms with E-state index in [1.54, 1.807) is 29.4 Å². The molecule has 110 valence electrons. The molecule has 2 aromatic rings. The molecule has 0 bridgehead atoms. The zero-order valence-electron chi connectivity index (χ0n) is 11.3. The SMILES string of the molecule is O=C(c1ccc(Cl)s1)N1CCC(O)(c2cccnc2)CC1. The Bertz CT molecular complexity index is 636. The van der Waals surface area contributed by atoms with Gasteiger partial charge in [0.05, 0.1) is 14.8 Å². The Morgan fingerprint density at radius 1 is 1.33 bits per heavy atom. The van der Waals surface area contributed by atoms with Crippen molar-refractivity contribution in [3.05, 3.63) is 51.4 Å². The average molecular weight is 323 g/mol. The lowest BCUT2D eigenvalue weighted by Crippen LogP contribution is -2.45. The lowest BCUT2D eigenvalue weighted by Gasteiger charge is -2.38. The lowest BCUT2D eigenvalue weighted by atomic mass is 9.85. The Morgan fingerprint density at radius 2 is 2.10 bits per heavy atom. The fourth-order valence-corrected chi connectivity index (χ4v) is 3.60. The first kappa shape index (κ1) is 14.5. The van der Waals surface area contributed by atoms with E-state index in [-0.39, 0.29) is 5.91 Å². The molecule has 2 aromatic heterocycles. The van der Waals surface area contributed by atoms with Gasteiger partial charge in [0, 0.05) is 31.0 Å². The van der Waals surface area contributed by atoms with Crippen molar-refractivity contribution in [2.45, 2.75) is 18.4 Å². The van der Waals surface area contributed by atoms with Crippen molar-refractivity contribution in [2.75, 3.05) is 13.1 Å². The van der Waals surface area contributed by atoms with Crippen molar-refractivity contribution in [3.63, 3.8) is 0 Å². The summed E-state index contributed by atoms with van der Waals surface area (Å²) in [5, 5.41) is 10.7. The molecule has 0 unspecified atom stereocenters. The second-order valence-electron chi connectivity index (χ2n) is 5.17. The Morgan fingerprint density at radius 3 is 2.67 bits per heavy atom. The number of rotatable bonds is 2. The van der Waals surface area contributed by atoms with Gasteiger partial charge in [0.1, 0.15) is 0 Å². The van der Waals surface area contributed by atoms with Crippen LogP contribution in [0.3, 0.4) is 0 Å². The highest BCUT2D eigenvalue weighted by Gasteiger charge is 2.35. The molecule has 0 spiro atoms. The van der Waals surface area contributed by atoms with E-state index in [1.165, 1.54) is 11.3 Å². The number of halogens is 1. The molecule has 0 atom stereocenters. The molecule has 1 N–H and O–H groups in total. The van der Waals surface area contributed by atoms with Crippen molar-refractivity contribution in [1.29, 1.82) is 0 Å². The lowest BCUT2D eigenvalue weighted by molar-refractivity contribution is -0.0212. The van der Waals surface area contributed by atoms with E-state index in [4.69, 9.17) is 11.6 Å². The predicted molar refractivity (Wildman–Crippen MR) is 82.6 cm³/mol. The minimum Gasteiger partial charge on any atom is -0.385 e. The standard InChI is InChI=1S/C15H15ClN2O2S/c16-13-4-3-12(21-13)14(19)18-8-5-15(20,6-9-18)11-2-1-7-17-10-11/h1-4,7,10,20H,5-6,8-9H2. The summed E-state index contributed by atoms with van der Waals surface area (Å²) in [6, 6.07) is 7.18. The number of thiophene rings is 1. The molecule has 21 heavy (non-hydrogen) atoms. The van der Waals surface area contributed by atoms with Crippen molar-refractivity contribution < 1.29 is 9.90 Å². The maximum absolute atomic E-state index is 12.3. The van der Waals surface area contributed by atoms with Gasteiger partial charge in [-0.25, -0.2) is 0 Å². The number of hydrogen-bond acceptors (Lipinski definition) is 4. The first-order valence-corrected chi connectivity index (χ1v) is 7.95. The maximum Gasteiger partial charge on any atom is 0.263 e. The maximum atomic E-state index is 12.3. The van der Waals surface area contributed by atoms with Crippen molar-refractivity contribution in [1.82, 2.24) is 9.88 Å². The molecule has 0 radical (unpaired) electrons. The van der Waals surface area contributed by atoms with Crippen LogP contribution in [-0.4, -0.2) is 34.0 Å². The number of aromatic nitrogens is 1. The van der Waals surface area contributed by atoms with Gasteiger partial charge >= 0.3 is 0 Å². The Hall–Kier alpha value is -1.43. The molecule has 6 heteroatoms. The molecular formula is C15H15ClN2O2S. The Kier molecular flexibility index (Phi) is 3.97. The minimum atomic E-state index is -0.891. The summed E-state index contributed by atoms with van der Waals surface area (Å²) in [5.74, 6) is -0.0138. The zero-order chi connectivity index (χ0) is 14.9. The van der Waals surface area contributed by atoms with Crippen LogP contribution in [0.5, 0.6) is 0 Å². The summed E-state index contributed by atoms with van der Waals surface area (Å²) < 4.78 is 0.613. The van der Waals surface area contributed by atoms with E-state index in [2.05, 4.69) is 4.98 Å². The van der Waals surface area contributed by atoms with Crippen molar-refractivity contribution >= 4 is 28.8 Å². The van der Waals surface area contributed by atoms with Crippen LogP contribution in [-0.2, 0) is 5.60 Å². The number of likely N-dealkylation sites (tertiary alicyclic amines) is 1. The van der Waals surface area contributed by atoms with Crippen LogP contribution in [0.2, 0.25) is 4.34 Å². The molecule has 1 aliphatic rings. The van der Waals surface area contributed by atoms with Crippen LogP contribution in [0.15, 0.2) is 36.7 Å². The topological polar surface area (TPSA) is 53.4 Å². The molecule has 1 saturated heterocycles. The van der Waals surface area contributed by atoms with Gasteiger partial charge in [-0.3, -0.25) is 9.78 Å². The molecule has 3 rings (SSSR count). The molecule has 0 aliphatic carbocycles. The van der Waals surface area contributed by atoms with Gasteiger partial charge in [-0.1, -0.05) is 17.7 Å². The highest BCUT2D eigenvalue weighted by Crippen LogP contribution is 2.33. The van der Waals surface area contributed by atoms with Gasteiger partial charge < -0.3 is 10.0 Å². The number of amides is 1. The fourth-order valence-electron chi connectivity index (χ4n) is 2.59. The van der Waals surface area contributed by atoms with Crippen LogP contribution in [0.4, 0.5) is 0 Å². The van der Waals surface area contributed by atoms with Crippen LogP contribution >= 0.6 is 22.9 Å². The zero-order valence-corrected chi connectivity index (χ0v) is 12.9. The highest BCUT2D eigenvalue weighted by atomic mass is 35.5. The van der Waals surface area contributed by atoms with E-state index in [1.807, 2.05) is 12.1 Å². The van der Waals surface area contributed by atoms with Gasteiger partial charge in [0.25, 0.3) is 5.91 Å². The van der Waals surface area contributed by atoms with Crippen molar-refractivity contribution in [2.24, 2.45) is 0 Å². The van der Waals surface area contributed by atoms with Crippen molar-refractivity contribution in [3.8, 4) is 0 Å². The molecule has 1 amide bonds. The van der Waals surface area contributed by atoms with Gasteiger partial charge in [-0.05, 0) is 31.0 Å². The Balaban J connectivity index is 1.69. The van der Waals surface area contributed by atoms with Gasteiger partial charge in [-0.15, -0.1) is 11.3 Å². The third-order valence-electron chi connectivity index (χ3n) is 3.86. The summed E-state index contributed by atoms with van der Waals surface area (Å²) in [6.45, 7) is 1.06. The van der Waals surface area contributed by atoms with E-state index in [0.29, 0.717) is 35.1 Å². The first-order valence-electron chi connectivity index (χ1n) is 6.76. The van der Waals surface area contributed by atoms with E-state index in [0.717, 1.165) is 5.56 Å². The summed E-state index contributed by atoms with van der Waals surface area (Å²) in [6.07, 6.45) is 4.41. The summed E-state index contributed by atoms with van der Waals surface area (Å²) in [5.41, 5.74) is -0.0748. The number of carbonyl (C=O) groups is 1. The number of piperidine rings is 1. The third-order valence-corrected chi connectivity index (χ3v) is 5.08. The number of nitrogens with zero attached hydrogens (tertiary/aromatic N) is 2. The van der Waals surface area contributed by atoms with E-state index in [9.17, 15) is 9.90 Å². The third kappa shape index (κ3) is 2.95. The molecule has 1 aliphatic heterocycles. The quantitative estimate of drug-likeness (QED) is 0.925. The number of pyridine rings is 1. The second-order valence-corrected chi connectivity index (χ2v) is 6.88. The minimum absolute atomic E-state index is 0.0138. The number of hydrogen-bond donors (Lipinski definition) is 1. The smallest absolute Gasteiger partial charge is 0.263 e. The van der Waals surface area contributed by atoms with Crippen LogP contribution in [0.1, 0.15) is 28.1 Å². The van der Waals surface area contributed by atoms with E-state index < -0.39 is 5.60 Å². The molecule has 0 aromatic carbocycles. The van der Waals surface area contributed by atoms with Gasteiger partial charge in [-0.2, -0.15) is 0 Å². The summed E-state index contributed by atoms with van der Waals surface area (Å²) in [4.78, 5) is 18.8. The van der Waals surface area contributed by atoms with Crippen LogP contribution in [0, 0.1) is 0 Å². The fraction of sp³-hybridized carbons (Fsp3) is 0.333. The Labute approximate surface area is 132 Å². The second kappa shape index (κ2) is 5.75. The first-order chi connectivity index (χ1) is 10.1. The number of carbonyl (C=O) groups excluding carboxylic acids is 1. The molecule has 0 saturated carbocycles. The van der Waals surface area contributed by atoms with E-state index >= 15 is 0 Å². The average Bonchev–Trinajstić information content (AvgIpc) is 2.95. The molecular weight excluding hydrogens is 308 g/mol. The predicted octanol–water partition coefficient (Wildman–Crippen LogP) is 2.92. The monoisotopic (exact) mass is 322 g/mol. The largest absolute Gasteiger partial charge is 0.385 e. The van der Waals surface area contributed by atoms with Gasteiger partial charge in [0.15, 0.2) is 0 Å². The normalized spacial score (nSPS) is 17.7. The highest BCUT2D eigenvalue weighted by molar-refractivity contribution is 7.17. The van der Waals surface area contributed by atoms with Gasteiger partial charge in [0.2, 0.25) is 0 Å². The van der Waals surface area contributed by atoms with Crippen LogP contribution in [0.25, 0.3) is 0 Å². The molecule has 3 heterocycles. The molecule has 4 nitrogen and oxygen atoms in total. The summed E-state index contributed by atoms with van der Waals surface area (Å²) in [7, 11) is 0. The molecule has 1 fully saturated rings. The van der Waals surface area contributed by atoms with Crippen LogP contribution < -0.4 is 0 Å². The number of aliphatic hydroxyl groups is 1.